The molecule has 50 heavy (non-hydrogen) atoms. The van der Waals surface area contributed by atoms with E-state index >= 15 is 0 Å². The van der Waals surface area contributed by atoms with Gasteiger partial charge in [-0.3, -0.25) is 9.59 Å². The van der Waals surface area contributed by atoms with Crippen molar-refractivity contribution < 1.29 is 9.59 Å². The summed E-state index contributed by atoms with van der Waals surface area (Å²) in [5.41, 5.74) is 1.32. The number of hydrogen-bond donors (Lipinski definition) is 0. The Balaban J connectivity index is 1.91. The predicted octanol–water partition coefficient (Wildman–Crippen LogP) is 14.2. The van der Waals surface area contributed by atoms with Crippen molar-refractivity contribution in [2.24, 2.45) is 11.8 Å². The Hall–Kier alpha value is -1.58. The molecule has 0 aromatic rings. The van der Waals surface area contributed by atoms with Gasteiger partial charge in [0.15, 0.2) is 0 Å². The maximum absolute atomic E-state index is 13.7. The van der Waals surface area contributed by atoms with Crippen molar-refractivity contribution >= 4 is 11.8 Å². The zero-order valence-corrected chi connectivity index (χ0v) is 34.1. The Morgan fingerprint density at radius 3 is 0.820 bits per heavy atom. The van der Waals surface area contributed by atoms with Crippen LogP contribution in [0.15, 0.2) is 23.5 Å². The topological polar surface area (TPSA) is 40.6 Å². The molecule has 2 atom stereocenters. The monoisotopic (exact) mass is 697 g/mol. The minimum Gasteiger partial charge on any atom is -0.314 e. The van der Waals surface area contributed by atoms with Crippen molar-refractivity contribution in [3.05, 3.63) is 23.5 Å². The lowest BCUT2D eigenvalue weighted by Gasteiger charge is -2.24. The average Bonchev–Trinajstić information content (AvgIpc) is 3.59. The lowest BCUT2D eigenvalue weighted by atomic mass is 9.93. The highest BCUT2D eigenvalue weighted by Crippen LogP contribution is 2.34. The standard InChI is InChI=1S/C46H84N2O2/c1-5-9-13-17-21-23-27-31-35-41(33-29-25-19-15-11-7-3)37-47-39-43-44(45(47)49)40-48(46(43)50)38-42(34-30-26-20-16-12-8-4)36-32-28-24-22-18-14-10-6-2/h39-42H,5-38H2,1-4H3. The minimum absolute atomic E-state index is 0.0651. The molecule has 0 N–H and O–H groups in total. The van der Waals surface area contributed by atoms with Crippen molar-refractivity contribution in [3.63, 3.8) is 0 Å². The minimum atomic E-state index is 0.0651. The Morgan fingerprint density at radius 2 is 0.580 bits per heavy atom. The van der Waals surface area contributed by atoms with Gasteiger partial charge in [0.1, 0.15) is 0 Å². The van der Waals surface area contributed by atoms with Crippen LogP contribution in [-0.2, 0) is 9.59 Å². The molecule has 4 nitrogen and oxygen atoms in total. The molecule has 0 saturated carbocycles. The molecule has 2 aliphatic heterocycles. The molecule has 2 unspecified atom stereocenters. The number of hydrogen-bond acceptors (Lipinski definition) is 2. The van der Waals surface area contributed by atoms with Crippen LogP contribution in [0.25, 0.3) is 0 Å². The first kappa shape index (κ1) is 44.6. The van der Waals surface area contributed by atoms with Gasteiger partial charge in [0, 0.05) is 25.5 Å². The van der Waals surface area contributed by atoms with Gasteiger partial charge < -0.3 is 9.80 Å². The smallest absolute Gasteiger partial charge is 0.260 e. The molecular weight excluding hydrogens is 613 g/mol. The van der Waals surface area contributed by atoms with Gasteiger partial charge in [0.05, 0.1) is 11.1 Å². The average molecular weight is 697 g/mol. The van der Waals surface area contributed by atoms with Crippen LogP contribution in [0.5, 0.6) is 0 Å². The van der Waals surface area contributed by atoms with Crippen molar-refractivity contribution in [2.45, 2.75) is 233 Å². The highest BCUT2D eigenvalue weighted by Gasteiger charge is 2.40. The van der Waals surface area contributed by atoms with Crippen LogP contribution in [0.4, 0.5) is 0 Å². The first-order valence-corrected chi connectivity index (χ1v) is 22.6. The van der Waals surface area contributed by atoms with Gasteiger partial charge in [0.25, 0.3) is 11.8 Å². The van der Waals surface area contributed by atoms with E-state index in [1.54, 1.807) is 0 Å². The lowest BCUT2D eigenvalue weighted by Crippen LogP contribution is -2.30. The summed E-state index contributed by atoms with van der Waals surface area (Å²) in [6, 6.07) is 0. The molecule has 0 fully saturated rings. The number of unbranched alkanes of at least 4 members (excludes halogenated alkanes) is 24. The molecular formula is C46H84N2O2. The summed E-state index contributed by atoms with van der Waals surface area (Å²) >= 11 is 0. The van der Waals surface area contributed by atoms with Crippen molar-refractivity contribution in [3.8, 4) is 0 Å². The second-order valence-electron chi connectivity index (χ2n) is 16.4. The van der Waals surface area contributed by atoms with E-state index in [1.807, 2.05) is 22.2 Å². The molecule has 0 aromatic heterocycles. The zero-order valence-electron chi connectivity index (χ0n) is 34.1. The Morgan fingerprint density at radius 1 is 0.360 bits per heavy atom. The third kappa shape index (κ3) is 19.3. The van der Waals surface area contributed by atoms with Crippen molar-refractivity contribution in [2.75, 3.05) is 13.1 Å². The van der Waals surface area contributed by atoms with Crippen LogP contribution in [-0.4, -0.2) is 34.7 Å². The fourth-order valence-electron chi connectivity index (χ4n) is 8.26. The lowest BCUT2D eigenvalue weighted by molar-refractivity contribution is -0.124. The summed E-state index contributed by atoms with van der Waals surface area (Å²) in [7, 11) is 0. The second-order valence-corrected chi connectivity index (χ2v) is 16.4. The quantitative estimate of drug-likeness (QED) is 0.0612. The van der Waals surface area contributed by atoms with Gasteiger partial charge >= 0.3 is 0 Å². The number of carbonyl (C=O) groups is 2. The van der Waals surface area contributed by atoms with E-state index in [-0.39, 0.29) is 11.8 Å². The fraction of sp³-hybridized carbons (Fsp3) is 0.870. The summed E-state index contributed by atoms with van der Waals surface area (Å²) < 4.78 is 0. The number of carbonyl (C=O) groups excluding carboxylic acids is 2. The molecule has 2 rings (SSSR count). The number of nitrogens with zero attached hydrogens (tertiary/aromatic N) is 2. The maximum atomic E-state index is 13.7. The maximum Gasteiger partial charge on any atom is 0.260 e. The van der Waals surface area contributed by atoms with Gasteiger partial charge in [-0.1, -0.05) is 207 Å². The molecule has 0 aromatic carbocycles. The summed E-state index contributed by atoms with van der Waals surface area (Å²) in [6.45, 7) is 10.7. The molecule has 0 radical (unpaired) electrons. The van der Waals surface area contributed by atoms with Gasteiger partial charge in [-0.25, -0.2) is 0 Å². The van der Waals surface area contributed by atoms with E-state index in [1.165, 1.54) is 205 Å². The summed E-state index contributed by atoms with van der Waals surface area (Å²) in [6.07, 6.45) is 45.9. The van der Waals surface area contributed by atoms with Gasteiger partial charge in [-0.15, -0.1) is 0 Å². The number of fused-ring (bicyclic) bond motifs is 1. The molecule has 0 aliphatic carbocycles. The van der Waals surface area contributed by atoms with E-state index < -0.39 is 0 Å². The number of amides is 2. The first-order chi connectivity index (χ1) is 24.5. The van der Waals surface area contributed by atoms with Crippen LogP contribution in [0.3, 0.4) is 0 Å². The molecule has 2 aliphatic rings. The van der Waals surface area contributed by atoms with Gasteiger partial charge in [0.2, 0.25) is 0 Å². The SMILES string of the molecule is CCCCCCCCCCC(CCCCCCCC)CN1C=C2C(=O)N(CC(CCCCCCCC)CCCCCCCCCC)C=C2C1=O. The highest BCUT2D eigenvalue weighted by molar-refractivity contribution is 6.17. The third-order valence-electron chi connectivity index (χ3n) is 11.6. The second kappa shape index (κ2) is 29.9. The van der Waals surface area contributed by atoms with Crippen LogP contribution in [0, 0.1) is 11.8 Å². The Kier molecular flexibility index (Phi) is 26.7. The van der Waals surface area contributed by atoms with E-state index in [0.29, 0.717) is 23.0 Å². The van der Waals surface area contributed by atoms with Crippen LogP contribution >= 0.6 is 0 Å². The zero-order chi connectivity index (χ0) is 36.1. The van der Waals surface area contributed by atoms with E-state index in [2.05, 4.69) is 27.7 Å². The molecule has 0 bridgehead atoms. The first-order valence-electron chi connectivity index (χ1n) is 22.6. The van der Waals surface area contributed by atoms with Crippen LogP contribution < -0.4 is 0 Å². The van der Waals surface area contributed by atoms with E-state index in [0.717, 1.165) is 13.1 Å². The number of rotatable bonds is 36. The molecule has 4 heteroatoms. The predicted molar refractivity (Wildman–Crippen MR) is 217 cm³/mol. The largest absolute Gasteiger partial charge is 0.314 e. The van der Waals surface area contributed by atoms with Crippen LogP contribution in [0.2, 0.25) is 0 Å². The molecule has 290 valence electrons. The van der Waals surface area contributed by atoms with Crippen LogP contribution in [0.1, 0.15) is 233 Å². The fourth-order valence-corrected chi connectivity index (χ4v) is 8.26. The summed E-state index contributed by atoms with van der Waals surface area (Å²) in [5.74, 6) is 1.19. The molecule has 0 spiro atoms. The molecule has 2 heterocycles. The normalized spacial score (nSPS) is 15.6. The highest BCUT2D eigenvalue weighted by atomic mass is 16.2. The van der Waals surface area contributed by atoms with Gasteiger partial charge in [-0.05, 0) is 37.5 Å². The van der Waals surface area contributed by atoms with Gasteiger partial charge in [-0.2, -0.15) is 0 Å². The van der Waals surface area contributed by atoms with Crippen molar-refractivity contribution in [1.82, 2.24) is 9.80 Å². The van der Waals surface area contributed by atoms with E-state index in [4.69, 9.17) is 0 Å². The Labute approximate surface area is 312 Å². The Bertz CT molecular complexity index is 849. The third-order valence-corrected chi connectivity index (χ3v) is 11.6. The van der Waals surface area contributed by atoms with Crippen molar-refractivity contribution in [1.29, 1.82) is 0 Å². The summed E-state index contributed by atoms with van der Waals surface area (Å²) in [5, 5.41) is 0. The summed E-state index contributed by atoms with van der Waals surface area (Å²) in [4.78, 5) is 31.2. The molecule has 2 amide bonds. The molecule has 0 saturated heterocycles. The van der Waals surface area contributed by atoms with E-state index in [9.17, 15) is 9.59 Å².